The van der Waals surface area contributed by atoms with Gasteiger partial charge < -0.3 is 0 Å². The first-order valence-corrected chi connectivity index (χ1v) is 8.98. The van der Waals surface area contributed by atoms with Crippen LogP contribution in [0.4, 0.5) is 0 Å². The number of hydrogen-bond acceptors (Lipinski definition) is 3. The van der Waals surface area contributed by atoms with E-state index in [-0.39, 0.29) is 10.5 Å². The lowest BCUT2D eigenvalue weighted by atomic mass is 10.2. The van der Waals surface area contributed by atoms with Gasteiger partial charge >= 0.3 is 0 Å². The summed E-state index contributed by atoms with van der Waals surface area (Å²) in [6.07, 6.45) is 9.91. The van der Waals surface area contributed by atoms with Crippen molar-refractivity contribution in [2.45, 2.75) is 64.2 Å². The molecule has 0 heterocycles. The Kier molecular flexibility index (Phi) is 14.9. The van der Waals surface area contributed by atoms with E-state index in [1.165, 1.54) is 37.2 Å². The SMILES string of the molecule is O=C(Cl)CCCCCCSCCCCCCC(=O)Cl. The van der Waals surface area contributed by atoms with Crippen LogP contribution < -0.4 is 0 Å². The number of rotatable bonds is 14. The van der Waals surface area contributed by atoms with Gasteiger partial charge in [-0.1, -0.05) is 25.7 Å². The predicted molar refractivity (Wildman–Crippen MR) is 85.2 cm³/mol. The lowest BCUT2D eigenvalue weighted by molar-refractivity contribution is -0.112. The van der Waals surface area contributed by atoms with Crippen molar-refractivity contribution in [2.75, 3.05) is 11.5 Å². The topological polar surface area (TPSA) is 34.1 Å². The maximum absolute atomic E-state index is 10.5. The van der Waals surface area contributed by atoms with Crippen molar-refractivity contribution in [2.24, 2.45) is 0 Å². The average Bonchev–Trinajstić information content (AvgIpc) is 2.34. The summed E-state index contributed by atoms with van der Waals surface area (Å²) in [6.45, 7) is 0. The van der Waals surface area contributed by atoms with Gasteiger partial charge in [0.15, 0.2) is 0 Å². The molecule has 0 amide bonds. The van der Waals surface area contributed by atoms with E-state index in [4.69, 9.17) is 23.2 Å². The molecule has 0 aliphatic heterocycles. The molecule has 0 N–H and O–H groups in total. The number of halogens is 2. The monoisotopic (exact) mass is 326 g/mol. The van der Waals surface area contributed by atoms with E-state index in [9.17, 15) is 9.59 Å². The third kappa shape index (κ3) is 18.3. The maximum atomic E-state index is 10.5. The molecule has 0 unspecified atom stereocenters. The van der Waals surface area contributed by atoms with Gasteiger partial charge in [0.25, 0.3) is 0 Å². The molecule has 0 aliphatic rings. The third-order valence-corrected chi connectivity index (χ3v) is 4.36. The van der Waals surface area contributed by atoms with Gasteiger partial charge in [0.05, 0.1) is 0 Å². The molecule has 0 aliphatic carbocycles. The van der Waals surface area contributed by atoms with Crippen molar-refractivity contribution in [3.05, 3.63) is 0 Å². The standard InChI is InChI=1S/C14H24Cl2O2S/c15-13(17)9-5-1-3-7-11-19-12-8-4-2-6-10-14(16)18/h1-12H2. The van der Waals surface area contributed by atoms with Crippen molar-refractivity contribution < 1.29 is 9.59 Å². The number of thioether (sulfide) groups is 1. The third-order valence-electron chi connectivity index (χ3n) is 2.82. The highest BCUT2D eigenvalue weighted by molar-refractivity contribution is 7.99. The Morgan fingerprint density at radius 1 is 0.632 bits per heavy atom. The fourth-order valence-electron chi connectivity index (χ4n) is 1.75. The van der Waals surface area contributed by atoms with Gasteiger partial charge in [0, 0.05) is 12.8 Å². The lowest BCUT2D eigenvalue weighted by Crippen LogP contribution is -1.89. The van der Waals surface area contributed by atoms with Crippen LogP contribution >= 0.6 is 35.0 Å². The first kappa shape index (κ1) is 19.3. The quantitative estimate of drug-likeness (QED) is 0.327. The van der Waals surface area contributed by atoms with E-state index in [1.807, 2.05) is 11.8 Å². The summed E-state index contributed by atoms with van der Waals surface area (Å²) >= 11 is 12.5. The summed E-state index contributed by atoms with van der Waals surface area (Å²) in [5.74, 6) is 2.41. The van der Waals surface area contributed by atoms with Crippen molar-refractivity contribution in [3.63, 3.8) is 0 Å². The Balaban J connectivity index is 2.99. The van der Waals surface area contributed by atoms with Crippen molar-refractivity contribution in [3.8, 4) is 0 Å². The molecule has 0 saturated carbocycles. The molecule has 0 aromatic carbocycles. The molecule has 0 aromatic heterocycles. The molecule has 0 spiro atoms. The Morgan fingerprint density at radius 2 is 1.00 bits per heavy atom. The molecular formula is C14H24Cl2O2S. The fraction of sp³-hybridized carbons (Fsp3) is 0.857. The minimum Gasteiger partial charge on any atom is -0.281 e. The fourth-order valence-corrected chi connectivity index (χ4v) is 3.03. The zero-order chi connectivity index (χ0) is 14.3. The summed E-state index contributed by atoms with van der Waals surface area (Å²) in [5, 5.41) is -0.435. The molecule has 0 fully saturated rings. The van der Waals surface area contributed by atoms with E-state index in [0.717, 1.165) is 25.7 Å². The predicted octanol–water partition coefficient (Wildman–Crippen LogP) is 5.15. The maximum Gasteiger partial charge on any atom is 0.221 e. The van der Waals surface area contributed by atoms with E-state index in [1.54, 1.807) is 0 Å². The molecular weight excluding hydrogens is 303 g/mol. The van der Waals surface area contributed by atoms with Gasteiger partial charge in [-0.15, -0.1) is 0 Å². The number of hydrogen-bond donors (Lipinski definition) is 0. The van der Waals surface area contributed by atoms with Gasteiger partial charge in [0.1, 0.15) is 0 Å². The Morgan fingerprint density at radius 3 is 1.37 bits per heavy atom. The van der Waals surface area contributed by atoms with Gasteiger partial charge in [-0.25, -0.2) is 0 Å². The molecule has 0 radical (unpaired) electrons. The number of carbonyl (C=O) groups is 2. The van der Waals surface area contributed by atoms with Crippen molar-refractivity contribution in [1.29, 1.82) is 0 Å². The van der Waals surface area contributed by atoms with E-state index >= 15 is 0 Å². The highest BCUT2D eigenvalue weighted by Crippen LogP contribution is 2.13. The molecule has 0 bridgehead atoms. The van der Waals surface area contributed by atoms with Gasteiger partial charge in [-0.2, -0.15) is 11.8 Å². The van der Waals surface area contributed by atoms with E-state index in [2.05, 4.69) is 0 Å². The summed E-state index contributed by atoms with van der Waals surface area (Å²) in [5.41, 5.74) is 0. The van der Waals surface area contributed by atoms with Gasteiger partial charge in [-0.3, -0.25) is 9.59 Å². The summed E-state index contributed by atoms with van der Waals surface area (Å²) in [6, 6.07) is 0. The van der Waals surface area contributed by atoms with Crippen molar-refractivity contribution >= 4 is 45.4 Å². The first-order valence-electron chi connectivity index (χ1n) is 7.07. The molecule has 0 rings (SSSR count). The first-order chi connectivity index (χ1) is 9.13. The van der Waals surface area contributed by atoms with E-state index < -0.39 is 0 Å². The van der Waals surface area contributed by atoms with E-state index in [0.29, 0.717) is 12.8 Å². The Bertz CT molecular complexity index is 224. The van der Waals surface area contributed by atoms with Crippen LogP contribution in [0.5, 0.6) is 0 Å². The Labute approximate surface area is 131 Å². The highest BCUT2D eigenvalue weighted by Gasteiger charge is 1.97. The minimum absolute atomic E-state index is 0.217. The van der Waals surface area contributed by atoms with Gasteiger partial charge in [0.2, 0.25) is 10.5 Å². The Hall–Kier alpha value is 0.270. The highest BCUT2D eigenvalue weighted by atomic mass is 35.5. The molecule has 0 saturated heterocycles. The van der Waals surface area contributed by atoms with Crippen LogP contribution in [-0.2, 0) is 9.59 Å². The second-order valence-electron chi connectivity index (χ2n) is 4.65. The van der Waals surface area contributed by atoms with Crippen molar-refractivity contribution in [1.82, 2.24) is 0 Å². The second kappa shape index (κ2) is 14.7. The molecule has 19 heavy (non-hydrogen) atoms. The molecule has 0 aromatic rings. The van der Waals surface area contributed by atoms with Crippen LogP contribution in [0, 0.1) is 0 Å². The van der Waals surface area contributed by atoms with Crippen LogP contribution in [0.2, 0.25) is 0 Å². The van der Waals surface area contributed by atoms with Gasteiger partial charge in [-0.05, 0) is 60.4 Å². The normalized spacial score (nSPS) is 10.6. The number of carbonyl (C=O) groups excluding carboxylic acids is 2. The van der Waals surface area contributed by atoms with Crippen LogP contribution in [0.25, 0.3) is 0 Å². The molecule has 2 nitrogen and oxygen atoms in total. The smallest absolute Gasteiger partial charge is 0.221 e. The van der Waals surface area contributed by atoms with Crippen LogP contribution in [0.3, 0.4) is 0 Å². The summed E-state index contributed by atoms with van der Waals surface area (Å²) in [7, 11) is 0. The molecule has 5 heteroatoms. The molecule has 0 atom stereocenters. The molecule has 112 valence electrons. The van der Waals surface area contributed by atoms with Crippen LogP contribution in [0.15, 0.2) is 0 Å². The summed E-state index contributed by atoms with van der Waals surface area (Å²) in [4.78, 5) is 21.0. The largest absolute Gasteiger partial charge is 0.281 e. The number of unbranched alkanes of at least 4 members (excludes halogenated alkanes) is 6. The average molecular weight is 327 g/mol. The van der Waals surface area contributed by atoms with Crippen LogP contribution in [-0.4, -0.2) is 22.0 Å². The van der Waals surface area contributed by atoms with Crippen LogP contribution in [0.1, 0.15) is 64.2 Å². The zero-order valence-electron chi connectivity index (χ0n) is 11.5. The lowest BCUT2D eigenvalue weighted by Gasteiger charge is -2.02. The minimum atomic E-state index is -0.217. The second-order valence-corrected chi connectivity index (χ2v) is 6.72. The summed E-state index contributed by atoms with van der Waals surface area (Å²) < 4.78 is 0. The zero-order valence-corrected chi connectivity index (χ0v) is 13.8.